The Bertz CT molecular complexity index is 347. The van der Waals surface area contributed by atoms with E-state index in [4.69, 9.17) is 11.6 Å². The first kappa shape index (κ1) is 9.03. The van der Waals surface area contributed by atoms with Crippen LogP contribution in [0.25, 0.3) is 0 Å². The lowest BCUT2D eigenvalue weighted by molar-refractivity contribution is -0.119. The zero-order valence-electron chi connectivity index (χ0n) is 7.26. The van der Waals surface area contributed by atoms with E-state index in [1.54, 1.807) is 18.3 Å². The van der Waals surface area contributed by atoms with Crippen molar-refractivity contribution < 1.29 is 4.79 Å². The Morgan fingerprint density at radius 3 is 3.23 bits per heavy atom. The van der Waals surface area contributed by atoms with Crippen LogP contribution in [0.1, 0.15) is 29.8 Å². The molecule has 0 saturated carbocycles. The highest BCUT2D eigenvalue weighted by atomic mass is 35.5. The van der Waals surface area contributed by atoms with E-state index in [2.05, 4.69) is 5.32 Å². The van der Waals surface area contributed by atoms with Crippen LogP contribution in [0.15, 0.2) is 6.07 Å². The van der Waals surface area contributed by atoms with Crippen molar-refractivity contribution in [3.05, 3.63) is 20.8 Å². The van der Waals surface area contributed by atoms with Gasteiger partial charge in [0, 0.05) is 11.8 Å². The number of carbonyl (C=O) groups excluding carboxylic acids is 1. The number of rotatable bonds is 1. The number of aryl methyl sites for hydroxylation is 1. The standard InChI is InChI=1S/C9H10ClNOS/c1-5(12)11-7-2-3-8-6(7)4-9(10)13-8/h4,7H,2-3H2,1H3,(H,11,12). The van der Waals surface area contributed by atoms with Crippen molar-refractivity contribution in [2.45, 2.75) is 25.8 Å². The third-order valence-electron chi connectivity index (χ3n) is 2.22. The van der Waals surface area contributed by atoms with Gasteiger partial charge in [-0.25, -0.2) is 0 Å². The maximum absolute atomic E-state index is 10.9. The largest absolute Gasteiger partial charge is 0.349 e. The second-order valence-corrected chi connectivity index (χ2v) is 4.99. The van der Waals surface area contributed by atoms with Gasteiger partial charge in [-0.2, -0.15) is 0 Å². The number of carbonyl (C=O) groups is 1. The van der Waals surface area contributed by atoms with Crippen molar-refractivity contribution in [3.63, 3.8) is 0 Å². The van der Waals surface area contributed by atoms with Crippen LogP contribution in [0.3, 0.4) is 0 Å². The third-order valence-corrected chi connectivity index (χ3v) is 3.56. The Balaban J connectivity index is 2.22. The van der Waals surface area contributed by atoms with Crippen molar-refractivity contribution in [2.75, 3.05) is 0 Å². The lowest BCUT2D eigenvalue weighted by Crippen LogP contribution is -2.23. The lowest BCUT2D eigenvalue weighted by atomic mass is 10.2. The minimum atomic E-state index is 0.0279. The Labute approximate surface area is 85.9 Å². The van der Waals surface area contributed by atoms with E-state index in [9.17, 15) is 4.79 Å². The van der Waals surface area contributed by atoms with Gasteiger partial charge in [0.05, 0.1) is 10.4 Å². The summed E-state index contributed by atoms with van der Waals surface area (Å²) in [5.74, 6) is 0.0279. The van der Waals surface area contributed by atoms with Crippen LogP contribution in [0.2, 0.25) is 4.34 Å². The van der Waals surface area contributed by atoms with Crippen LogP contribution in [0.5, 0.6) is 0 Å². The second kappa shape index (κ2) is 3.31. The zero-order valence-corrected chi connectivity index (χ0v) is 8.84. The average Bonchev–Trinajstić information content (AvgIpc) is 2.51. The molecular formula is C9H10ClNOS. The predicted octanol–water partition coefficient (Wildman–Crippen LogP) is 2.52. The van der Waals surface area contributed by atoms with Gasteiger partial charge in [0.15, 0.2) is 0 Å². The summed E-state index contributed by atoms with van der Waals surface area (Å²) in [6.45, 7) is 1.55. The average molecular weight is 216 g/mol. The molecule has 1 N–H and O–H groups in total. The molecule has 1 aromatic heterocycles. The number of halogens is 1. The maximum atomic E-state index is 10.9. The van der Waals surface area contributed by atoms with E-state index >= 15 is 0 Å². The van der Waals surface area contributed by atoms with Gasteiger partial charge >= 0.3 is 0 Å². The Hall–Kier alpha value is -0.540. The zero-order chi connectivity index (χ0) is 9.42. The molecule has 1 unspecified atom stereocenters. The molecule has 0 aromatic carbocycles. The second-order valence-electron chi connectivity index (χ2n) is 3.22. The van der Waals surface area contributed by atoms with Crippen LogP contribution < -0.4 is 5.32 Å². The summed E-state index contributed by atoms with van der Waals surface area (Å²) >= 11 is 7.51. The van der Waals surface area contributed by atoms with Crippen LogP contribution in [0, 0.1) is 0 Å². The first-order chi connectivity index (χ1) is 6.16. The molecule has 1 aliphatic rings. The van der Waals surface area contributed by atoms with E-state index in [0.29, 0.717) is 0 Å². The fraction of sp³-hybridized carbons (Fsp3) is 0.444. The highest BCUT2D eigenvalue weighted by Crippen LogP contribution is 2.39. The molecule has 0 bridgehead atoms. The van der Waals surface area contributed by atoms with Gasteiger partial charge in [-0.1, -0.05) is 11.6 Å². The summed E-state index contributed by atoms with van der Waals surface area (Å²) in [5.41, 5.74) is 1.21. The quantitative estimate of drug-likeness (QED) is 0.767. The molecule has 1 atom stereocenters. The minimum Gasteiger partial charge on any atom is -0.349 e. The highest BCUT2D eigenvalue weighted by Gasteiger charge is 2.25. The van der Waals surface area contributed by atoms with Crippen LogP contribution in [0.4, 0.5) is 0 Å². The summed E-state index contributed by atoms with van der Waals surface area (Å²) < 4.78 is 0.819. The smallest absolute Gasteiger partial charge is 0.217 e. The van der Waals surface area contributed by atoms with Crippen molar-refractivity contribution in [1.82, 2.24) is 5.32 Å². The minimum absolute atomic E-state index is 0.0279. The van der Waals surface area contributed by atoms with Crippen LogP contribution in [-0.2, 0) is 11.2 Å². The molecule has 0 aliphatic heterocycles. The SMILES string of the molecule is CC(=O)NC1CCc2sc(Cl)cc21. The number of hydrogen-bond acceptors (Lipinski definition) is 2. The number of nitrogens with one attached hydrogen (secondary N) is 1. The molecule has 0 saturated heterocycles. The summed E-state index contributed by atoms with van der Waals surface area (Å²) in [6.07, 6.45) is 2.05. The molecule has 70 valence electrons. The van der Waals surface area contributed by atoms with E-state index in [1.165, 1.54) is 10.4 Å². The fourth-order valence-corrected chi connectivity index (χ4v) is 3.08. The number of hydrogen-bond donors (Lipinski definition) is 1. The topological polar surface area (TPSA) is 29.1 Å². The molecule has 13 heavy (non-hydrogen) atoms. The van der Waals surface area contributed by atoms with E-state index in [1.807, 2.05) is 6.07 Å². The molecule has 1 amide bonds. The molecule has 0 spiro atoms. The normalized spacial score (nSPS) is 20.0. The van der Waals surface area contributed by atoms with Crippen LogP contribution in [-0.4, -0.2) is 5.91 Å². The Kier molecular flexibility index (Phi) is 2.30. The molecule has 1 aromatic rings. The molecule has 2 rings (SSSR count). The first-order valence-corrected chi connectivity index (χ1v) is 5.41. The van der Waals surface area contributed by atoms with E-state index in [-0.39, 0.29) is 11.9 Å². The van der Waals surface area contributed by atoms with Gasteiger partial charge in [0.2, 0.25) is 5.91 Å². The summed E-state index contributed by atoms with van der Waals surface area (Å²) in [4.78, 5) is 12.2. The molecule has 2 nitrogen and oxygen atoms in total. The summed E-state index contributed by atoms with van der Waals surface area (Å²) in [7, 11) is 0. The number of thiophene rings is 1. The van der Waals surface area contributed by atoms with Crippen molar-refractivity contribution in [1.29, 1.82) is 0 Å². The van der Waals surface area contributed by atoms with E-state index < -0.39 is 0 Å². The van der Waals surface area contributed by atoms with Gasteiger partial charge < -0.3 is 5.32 Å². The van der Waals surface area contributed by atoms with E-state index in [0.717, 1.165) is 17.2 Å². The summed E-state index contributed by atoms with van der Waals surface area (Å²) in [5, 5.41) is 2.92. The Morgan fingerprint density at radius 1 is 1.77 bits per heavy atom. The monoisotopic (exact) mass is 215 g/mol. The van der Waals surface area contributed by atoms with Gasteiger partial charge in [0.25, 0.3) is 0 Å². The molecule has 0 radical (unpaired) electrons. The fourth-order valence-electron chi connectivity index (χ4n) is 1.73. The third kappa shape index (κ3) is 1.71. The van der Waals surface area contributed by atoms with Gasteiger partial charge in [-0.3, -0.25) is 4.79 Å². The van der Waals surface area contributed by atoms with Gasteiger partial charge in [-0.05, 0) is 24.5 Å². The molecule has 1 heterocycles. The lowest BCUT2D eigenvalue weighted by Gasteiger charge is -2.10. The number of fused-ring (bicyclic) bond motifs is 1. The summed E-state index contributed by atoms with van der Waals surface area (Å²) in [6, 6.07) is 2.16. The molecule has 4 heteroatoms. The Morgan fingerprint density at radius 2 is 2.54 bits per heavy atom. The molecular weight excluding hydrogens is 206 g/mol. The van der Waals surface area contributed by atoms with Crippen LogP contribution >= 0.6 is 22.9 Å². The van der Waals surface area contributed by atoms with Gasteiger partial charge in [-0.15, -0.1) is 11.3 Å². The molecule has 0 fully saturated rings. The number of amides is 1. The van der Waals surface area contributed by atoms with Gasteiger partial charge in [0.1, 0.15) is 0 Å². The van der Waals surface area contributed by atoms with Crippen molar-refractivity contribution in [3.8, 4) is 0 Å². The highest BCUT2D eigenvalue weighted by molar-refractivity contribution is 7.16. The molecule has 1 aliphatic carbocycles. The maximum Gasteiger partial charge on any atom is 0.217 e. The van der Waals surface area contributed by atoms with Crippen molar-refractivity contribution in [2.24, 2.45) is 0 Å². The van der Waals surface area contributed by atoms with Crippen molar-refractivity contribution >= 4 is 28.8 Å². The predicted molar refractivity (Wildman–Crippen MR) is 54.2 cm³/mol. The first-order valence-electron chi connectivity index (χ1n) is 4.22.